The van der Waals surface area contributed by atoms with Gasteiger partial charge in [0.2, 0.25) is 0 Å². The summed E-state index contributed by atoms with van der Waals surface area (Å²) in [5, 5.41) is 1.06. The van der Waals surface area contributed by atoms with E-state index in [9.17, 15) is 4.79 Å². The minimum absolute atomic E-state index is 0.192. The fraction of sp³-hybridized carbons (Fsp3) is 0.182. The third-order valence-electron chi connectivity index (χ3n) is 7.12. The van der Waals surface area contributed by atoms with E-state index in [1.165, 1.54) is 0 Å². The van der Waals surface area contributed by atoms with Crippen LogP contribution >= 0.6 is 27.3 Å². The van der Waals surface area contributed by atoms with Crippen molar-refractivity contribution in [3.05, 3.63) is 107 Å². The van der Waals surface area contributed by atoms with Crippen LogP contribution in [-0.2, 0) is 11.4 Å². The molecule has 0 amide bonds. The molecule has 0 atom stereocenters. The van der Waals surface area contributed by atoms with E-state index in [1.807, 2.05) is 36.4 Å². The SMILES string of the molecule is O=CC1CCN(c2ccc(Oc3c(-c4ccc(Br)cc4)sc4cc(OCc5ccccc5)ccc34)cc2)CC1. The fourth-order valence-electron chi connectivity index (χ4n) is 4.91. The topological polar surface area (TPSA) is 38.8 Å². The van der Waals surface area contributed by atoms with E-state index in [-0.39, 0.29) is 5.92 Å². The van der Waals surface area contributed by atoms with Crippen molar-refractivity contribution < 1.29 is 14.3 Å². The van der Waals surface area contributed by atoms with Crippen LogP contribution < -0.4 is 14.4 Å². The molecule has 39 heavy (non-hydrogen) atoms. The van der Waals surface area contributed by atoms with Crippen LogP contribution in [0.1, 0.15) is 18.4 Å². The Bertz CT molecular complexity index is 1560. The number of aldehydes is 1. The van der Waals surface area contributed by atoms with Crippen LogP contribution in [0.2, 0.25) is 0 Å². The molecule has 2 heterocycles. The monoisotopic (exact) mass is 597 g/mol. The summed E-state index contributed by atoms with van der Waals surface area (Å²) in [7, 11) is 0. The summed E-state index contributed by atoms with van der Waals surface area (Å²) in [6, 6.07) is 33.0. The maximum atomic E-state index is 11.1. The second kappa shape index (κ2) is 11.6. The van der Waals surface area contributed by atoms with Crippen molar-refractivity contribution in [3.63, 3.8) is 0 Å². The highest BCUT2D eigenvalue weighted by Crippen LogP contribution is 2.47. The molecular weight excluding hydrogens is 570 g/mol. The molecule has 1 aliphatic heterocycles. The largest absolute Gasteiger partial charge is 0.489 e. The molecule has 0 radical (unpaired) electrons. The lowest BCUT2D eigenvalue weighted by Gasteiger charge is -2.31. The van der Waals surface area contributed by atoms with Gasteiger partial charge < -0.3 is 19.2 Å². The molecule has 0 saturated carbocycles. The fourth-order valence-corrected chi connectivity index (χ4v) is 6.34. The number of hydrogen-bond donors (Lipinski definition) is 0. The molecule has 0 bridgehead atoms. The lowest BCUT2D eigenvalue weighted by molar-refractivity contribution is -0.111. The molecule has 0 unspecified atom stereocenters. The number of hydrogen-bond acceptors (Lipinski definition) is 5. The highest BCUT2D eigenvalue weighted by molar-refractivity contribution is 9.10. The Morgan fingerprint density at radius 3 is 2.31 bits per heavy atom. The van der Waals surface area contributed by atoms with Crippen molar-refractivity contribution in [1.82, 2.24) is 0 Å². The summed E-state index contributed by atoms with van der Waals surface area (Å²) in [5.41, 5.74) is 3.41. The Kier molecular flexibility index (Phi) is 7.66. The molecule has 0 N–H and O–H groups in total. The number of anilines is 1. The second-order valence-corrected chi connectivity index (χ2v) is 11.7. The summed E-state index contributed by atoms with van der Waals surface area (Å²) in [4.78, 5) is 14.5. The van der Waals surface area contributed by atoms with Gasteiger partial charge in [-0.1, -0.05) is 58.4 Å². The lowest BCUT2D eigenvalue weighted by atomic mass is 9.98. The summed E-state index contributed by atoms with van der Waals surface area (Å²) >= 11 is 5.26. The summed E-state index contributed by atoms with van der Waals surface area (Å²) in [5.74, 6) is 2.68. The Labute approximate surface area is 240 Å². The summed E-state index contributed by atoms with van der Waals surface area (Å²) < 4.78 is 14.9. The highest BCUT2D eigenvalue weighted by Gasteiger charge is 2.20. The second-order valence-electron chi connectivity index (χ2n) is 9.76. The lowest BCUT2D eigenvalue weighted by Crippen LogP contribution is -2.33. The van der Waals surface area contributed by atoms with Gasteiger partial charge in [-0.25, -0.2) is 0 Å². The van der Waals surface area contributed by atoms with Crippen LogP contribution in [0.4, 0.5) is 5.69 Å². The van der Waals surface area contributed by atoms with E-state index in [4.69, 9.17) is 9.47 Å². The van der Waals surface area contributed by atoms with Crippen molar-refractivity contribution in [1.29, 1.82) is 0 Å². The van der Waals surface area contributed by atoms with E-state index >= 15 is 0 Å². The van der Waals surface area contributed by atoms with Crippen molar-refractivity contribution >= 4 is 49.3 Å². The number of rotatable bonds is 8. The van der Waals surface area contributed by atoms with Gasteiger partial charge in [0, 0.05) is 39.3 Å². The Morgan fingerprint density at radius 1 is 0.872 bits per heavy atom. The number of halogens is 1. The number of piperidine rings is 1. The van der Waals surface area contributed by atoms with Crippen molar-refractivity contribution in [3.8, 4) is 27.7 Å². The molecule has 0 spiro atoms. The molecule has 196 valence electrons. The van der Waals surface area contributed by atoms with Gasteiger partial charge in [-0.2, -0.15) is 0 Å². The number of carbonyl (C=O) groups is 1. The predicted octanol–water partition coefficient (Wildman–Crippen LogP) is 9.12. The van der Waals surface area contributed by atoms with Gasteiger partial charge in [-0.05, 0) is 78.6 Å². The number of nitrogens with zero attached hydrogens (tertiary/aromatic N) is 1. The molecule has 5 aromatic rings. The molecule has 6 heteroatoms. The maximum Gasteiger partial charge on any atom is 0.153 e. The quantitative estimate of drug-likeness (QED) is 0.167. The maximum absolute atomic E-state index is 11.1. The van der Waals surface area contributed by atoms with Gasteiger partial charge >= 0.3 is 0 Å². The Balaban J connectivity index is 1.28. The average molecular weight is 599 g/mol. The standard InChI is InChI=1S/C33H28BrNO3S/c34-26-8-6-25(7-9-26)33-32(38-28-12-10-27(11-13-28)35-18-16-23(21-36)17-19-35)30-15-14-29(20-31(30)39-33)37-22-24-4-2-1-3-5-24/h1-15,20-21,23H,16-19,22H2. The third-order valence-corrected chi connectivity index (χ3v) is 8.84. The van der Waals surface area contributed by atoms with Crippen LogP contribution in [0.5, 0.6) is 17.2 Å². The summed E-state index contributed by atoms with van der Waals surface area (Å²) in [6.07, 6.45) is 2.92. The third kappa shape index (κ3) is 5.87. The van der Waals surface area contributed by atoms with Gasteiger partial charge in [0.25, 0.3) is 0 Å². The normalized spacial score (nSPS) is 13.9. The Hall–Kier alpha value is -3.61. The average Bonchev–Trinajstić information content (AvgIpc) is 3.34. The number of benzene rings is 4. The first kappa shape index (κ1) is 25.7. The van der Waals surface area contributed by atoms with E-state index in [2.05, 4.69) is 81.5 Å². The Morgan fingerprint density at radius 2 is 1.59 bits per heavy atom. The molecule has 0 aliphatic carbocycles. The molecule has 1 fully saturated rings. The molecule has 6 rings (SSSR count). The molecule has 4 nitrogen and oxygen atoms in total. The zero-order valence-electron chi connectivity index (χ0n) is 21.4. The first-order valence-electron chi connectivity index (χ1n) is 13.1. The van der Waals surface area contributed by atoms with Gasteiger partial charge in [0.05, 0.1) is 4.88 Å². The van der Waals surface area contributed by atoms with Crippen LogP contribution in [0, 0.1) is 5.92 Å². The molecular formula is C33H28BrNO3S. The highest BCUT2D eigenvalue weighted by atomic mass is 79.9. The predicted molar refractivity (Wildman–Crippen MR) is 163 cm³/mol. The van der Waals surface area contributed by atoms with Crippen LogP contribution in [0.25, 0.3) is 20.5 Å². The van der Waals surface area contributed by atoms with Crippen LogP contribution in [-0.4, -0.2) is 19.4 Å². The van der Waals surface area contributed by atoms with Gasteiger partial charge in [0.1, 0.15) is 24.4 Å². The molecule has 4 aromatic carbocycles. The number of fused-ring (bicyclic) bond motifs is 1. The first-order chi connectivity index (χ1) is 19.2. The van der Waals surface area contributed by atoms with E-state index in [1.54, 1.807) is 11.3 Å². The van der Waals surface area contributed by atoms with Crippen molar-refractivity contribution in [2.24, 2.45) is 5.92 Å². The zero-order valence-corrected chi connectivity index (χ0v) is 23.8. The van der Waals surface area contributed by atoms with E-state index in [0.717, 1.165) is 85.7 Å². The number of ether oxygens (including phenoxy) is 2. The smallest absolute Gasteiger partial charge is 0.153 e. The van der Waals surface area contributed by atoms with Crippen molar-refractivity contribution in [2.75, 3.05) is 18.0 Å². The van der Waals surface area contributed by atoms with Crippen LogP contribution in [0.3, 0.4) is 0 Å². The van der Waals surface area contributed by atoms with Gasteiger partial charge in [-0.3, -0.25) is 0 Å². The van der Waals surface area contributed by atoms with E-state index < -0.39 is 0 Å². The summed E-state index contributed by atoms with van der Waals surface area (Å²) in [6.45, 7) is 2.34. The molecule has 1 aromatic heterocycles. The minimum Gasteiger partial charge on any atom is -0.489 e. The number of carbonyl (C=O) groups excluding carboxylic acids is 1. The zero-order chi connectivity index (χ0) is 26.6. The van der Waals surface area contributed by atoms with Crippen molar-refractivity contribution in [2.45, 2.75) is 19.4 Å². The molecule has 1 aliphatic rings. The first-order valence-corrected chi connectivity index (χ1v) is 14.7. The number of thiophene rings is 1. The van der Waals surface area contributed by atoms with E-state index in [0.29, 0.717) is 6.61 Å². The van der Waals surface area contributed by atoms with Gasteiger partial charge in [0.15, 0.2) is 5.75 Å². The molecule has 1 saturated heterocycles. The van der Waals surface area contributed by atoms with Gasteiger partial charge in [-0.15, -0.1) is 11.3 Å². The minimum atomic E-state index is 0.192. The van der Waals surface area contributed by atoms with Crippen LogP contribution in [0.15, 0.2) is 102 Å².